The van der Waals surface area contributed by atoms with E-state index in [0.29, 0.717) is 5.69 Å². The molecule has 2 N–H and O–H groups in total. The molecule has 7 nitrogen and oxygen atoms in total. The number of ether oxygens (including phenoxy) is 1. The van der Waals surface area contributed by atoms with Crippen LogP contribution in [0.1, 0.15) is 12.8 Å². The van der Waals surface area contributed by atoms with Crippen molar-refractivity contribution in [3.63, 3.8) is 0 Å². The van der Waals surface area contributed by atoms with E-state index in [2.05, 4.69) is 45.1 Å². The van der Waals surface area contributed by atoms with Crippen LogP contribution in [0.15, 0.2) is 52.3 Å². The summed E-state index contributed by atoms with van der Waals surface area (Å²) in [5.74, 6) is 0.929. The van der Waals surface area contributed by atoms with Gasteiger partial charge in [0.2, 0.25) is 10.0 Å². The first-order valence-corrected chi connectivity index (χ1v) is 13.8. The molecule has 2 aromatic carbocycles. The lowest BCUT2D eigenvalue weighted by atomic mass is 10.1. The van der Waals surface area contributed by atoms with Gasteiger partial charge < -0.3 is 19.9 Å². The summed E-state index contributed by atoms with van der Waals surface area (Å²) in [6, 6.07) is 13.9. The Kier molecular flexibility index (Phi) is 7.50. The Labute approximate surface area is 195 Å². The fraction of sp³-hybridized carbons (Fsp3) is 0.478. The van der Waals surface area contributed by atoms with Crippen LogP contribution in [0.25, 0.3) is 0 Å². The maximum Gasteiger partial charge on any atom is 0.229 e. The smallest absolute Gasteiger partial charge is 0.229 e. The Morgan fingerprint density at radius 2 is 1.88 bits per heavy atom. The van der Waals surface area contributed by atoms with Gasteiger partial charge in [-0.3, -0.25) is 4.72 Å². The van der Waals surface area contributed by atoms with Crippen molar-refractivity contribution < 1.29 is 13.2 Å². The number of hydrogen-bond acceptors (Lipinski definition) is 7. The van der Waals surface area contributed by atoms with E-state index in [1.165, 1.54) is 0 Å². The Hall–Kier alpha value is -1.94. The van der Waals surface area contributed by atoms with Gasteiger partial charge in [-0.15, -0.1) is 0 Å². The van der Waals surface area contributed by atoms with Crippen LogP contribution in [0.4, 0.5) is 11.4 Å². The van der Waals surface area contributed by atoms with E-state index in [0.717, 1.165) is 79.6 Å². The number of piperazine rings is 1. The minimum Gasteiger partial charge on any atom is -0.487 e. The number of sulfonamides is 1. The SMILES string of the molecule is CN1CCN(c2ccc(Sc3cccc(NS(C)(=O)=O)c3)cc2OC2CCCNC2)CC1. The molecule has 0 radical (unpaired) electrons. The molecule has 2 aliphatic heterocycles. The summed E-state index contributed by atoms with van der Waals surface area (Å²) in [4.78, 5) is 6.80. The van der Waals surface area contributed by atoms with Crippen molar-refractivity contribution in [2.75, 3.05) is 62.2 Å². The molecule has 2 fully saturated rings. The zero-order valence-electron chi connectivity index (χ0n) is 18.7. The van der Waals surface area contributed by atoms with E-state index >= 15 is 0 Å². The minimum atomic E-state index is -3.31. The lowest BCUT2D eigenvalue weighted by molar-refractivity contribution is 0.167. The highest BCUT2D eigenvalue weighted by Crippen LogP contribution is 2.38. The normalized spacial score (nSPS) is 20.2. The van der Waals surface area contributed by atoms with E-state index in [1.807, 2.05) is 18.2 Å². The number of piperidine rings is 1. The van der Waals surface area contributed by atoms with E-state index < -0.39 is 10.0 Å². The Morgan fingerprint density at radius 3 is 2.59 bits per heavy atom. The van der Waals surface area contributed by atoms with Crippen molar-refractivity contribution in [2.24, 2.45) is 0 Å². The highest BCUT2D eigenvalue weighted by Gasteiger charge is 2.21. The molecular formula is C23H32N4O3S2. The zero-order chi connectivity index (χ0) is 22.6. The van der Waals surface area contributed by atoms with Gasteiger partial charge in [0.25, 0.3) is 0 Å². The fourth-order valence-electron chi connectivity index (χ4n) is 4.03. The maximum absolute atomic E-state index is 11.6. The molecular weight excluding hydrogens is 444 g/mol. The first-order chi connectivity index (χ1) is 15.4. The third-order valence-corrected chi connectivity index (χ3v) is 7.28. The lowest BCUT2D eigenvalue weighted by Gasteiger charge is -2.35. The van der Waals surface area contributed by atoms with Crippen molar-refractivity contribution in [2.45, 2.75) is 28.7 Å². The summed E-state index contributed by atoms with van der Waals surface area (Å²) in [5, 5.41) is 3.43. The van der Waals surface area contributed by atoms with Crippen molar-refractivity contribution in [1.29, 1.82) is 0 Å². The van der Waals surface area contributed by atoms with Gasteiger partial charge in [-0.05, 0) is 62.8 Å². The minimum absolute atomic E-state index is 0.178. The van der Waals surface area contributed by atoms with Crippen LogP contribution in [-0.2, 0) is 10.0 Å². The second-order valence-electron chi connectivity index (χ2n) is 8.51. The number of hydrogen-bond donors (Lipinski definition) is 2. The fourth-order valence-corrected chi connectivity index (χ4v) is 5.50. The summed E-state index contributed by atoms with van der Waals surface area (Å²) >= 11 is 1.60. The summed E-state index contributed by atoms with van der Waals surface area (Å²) in [6.45, 7) is 5.99. The van der Waals surface area contributed by atoms with Gasteiger partial charge in [0, 0.05) is 48.2 Å². The summed E-state index contributed by atoms with van der Waals surface area (Å²) < 4.78 is 32.2. The van der Waals surface area contributed by atoms with Crippen LogP contribution in [0, 0.1) is 0 Å². The predicted molar refractivity (Wildman–Crippen MR) is 132 cm³/mol. The summed E-state index contributed by atoms with van der Waals surface area (Å²) in [5.41, 5.74) is 1.72. The molecule has 2 saturated heterocycles. The van der Waals surface area contributed by atoms with Gasteiger partial charge in [0.1, 0.15) is 11.9 Å². The molecule has 1 unspecified atom stereocenters. The molecule has 9 heteroatoms. The predicted octanol–water partition coefficient (Wildman–Crippen LogP) is 3.09. The van der Waals surface area contributed by atoms with Crippen LogP contribution in [0.5, 0.6) is 5.75 Å². The topological polar surface area (TPSA) is 73.9 Å². The van der Waals surface area contributed by atoms with E-state index in [4.69, 9.17) is 4.74 Å². The molecule has 174 valence electrons. The summed E-state index contributed by atoms with van der Waals surface area (Å²) in [7, 11) is -1.14. The average Bonchev–Trinajstić information content (AvgIpc) is 2.75. The third kappa shape index (κ3) is 6.54. The van der Waals surface area contributed by atoms with Crippen molar-refractivity contribution in [3.8, 4) is 5.75 Å². The third-order valence-electron chi connectivity index (χ3n) is 5.69. The second-order valence-corrected chi connectivity index (χ2v) is 11.4. The van der Waals surface area contributed by atoms with Crippen molar-refractivity contribution >= 4 is 33.2 Å². The standard InChI is InChI=1S/C23H32N4O3S2/c1-26-11-13-27(14-12-26)22-9-8-21(16-23(22)30-19-6-4-10-24-17-19)31-20-7-3-5-18(15-20)25-32(2,28)29/h3,5,7-9,15-16,19,24-25H,4,6,10-14,17H2,1-2H3. The van der Waals surface area contributed by atoms with E-state index in [9.17, 15) is 8.42 Å². The largest absolute Gasteiger partial charge is 0.487 e. The van der Waals surface area contributed by atoms with Gasteiger partial charge >= 0.3 is 0 Å². The van der Waals surface area contributed by atoms with Gasteiger partial charge in [-0.2, -0.15) is 0 Å². The molecule has 0 aliphatic carbocycles. The van der Waals surface area contributed by atoms with Crippen LogP contribution in [-0.4, -0.2) is 72.0 Å². The Balaban J connectivity index is 1.56. The van der Waals surface area contributed by atoms with Crippen molar-refractivity contribution in [1.82, 2.24) is 10.2 Å². The zero-order valence-corrected chi connectivity index (χ0v) is 20.3. The monoisotopic (exact) mass is 476 g/mol. The van der Waals surface area contributed by atoms with Gasteiger partial charge in [0.15, 0.2) is 0 Å². The maximum atomic E-state index is 11.6. The van der Waals surface area contributed by atoms with E-state index in [-0.39, 0.29) is 6.10 Å². The first kappa shape index (κ1) is 23.2. The number of rotatable bonds is 7. The molecule has 2 aromatic rings. The highest BCUT2D eigenvalue weighted by atomic mass is 32.2. The van der Waals surface area contributed by atoms with Crippen LogP contribution < -0.4 is 19.7 Å². The average molecular weight is 477 g/mol. The molecule has 0 bridgehead atoms. The Bertz CT molecular complexity index is 1020. The molecule has 32 heavy (non-hydrogen) atoms. The molecule has 0 aromatic heterocycles. The molecule has 0 amide bonds. The van der Waals surface area contributed by atoms with Crippen LogP contribution in [0.2, 0.25) is 0 Å². The molecule has 4 rings (SSSR count). The molecule has 1 atom stereocenters. The number of nitrogens with one attached hydrogen (secondary N) is 2. The quantitative estimate of drug-likeness (QED) is 0.636. The van der Waals surface area contributed by atoms with Gasteiger partial charge in [-0.1, -0.05) is 17.8 Å². The molecule has 2 heterocycles. The second kappa shape index (κ2) is 10.3. The van der Waals surface area contributed by atoms with Gasteiger partial charge in [0.05, 0.1) is 11.9 Å². The highest BCUT2D eigenvalue weighted by molar-refractivity contribution is 7.99. The van der Waals surface area contributed by atoms with Crippen LogP contribution in [0.3, 0.4) is 0 Å². The number of nitrogens with zero attached hydrogens (tertiary/aromatic N) is 2. The number of likely N-dealkylation sites (N-methyl/N-ethyl adjacent to an activating group) is 1. The van der Waals surface area contributed by atoms with E-state index in [1.54, 1.807) is 17.8 Å². The van der Waals surface area contributed by atoms with Crippen LogP contribution >= 0.6 is 11.8 Å². The number of anilines is 2. The number of benzene rings is 2. The Morgan fingerprint density at radius 1 is 1.09 bits per heavy atom. The first-order valence-electron chi connectivity index (χ1n) is 11.1. The lowest BCUT2D eigenvalue weighted by Crippen LogP contribution is -2.45. The molecule has 0 saturated carbocycles. The molecule has 2 aliphatic rings. The molecule has 0 spiro atoms. The van der Waals surface area contributed by atoms with Crippen molar-refractivity contribution in [3.05, 3.63) is 42.5 Å². The summed E-state index contributed by atoms with van der Waals surface area (Å²) in [6.07, 6.45) is 3.53. The van der Waals surface area contributed by atoms with Gasteiger partial charge in [-0.25, -0.2) is 8.42 Å².